The summed E-state index contributed by atoms with van der Waals surface area (Å²) in [5.74, 6) is 1.36. The quantitative estimate of drug-likeness (QED) is 0.540. The summed E-state index contributed by atoms with van der Waals surface area (Å²) in [6, 6.07) is 7.69. The van der Waals surface area contributed by atoms with Crippen LogP contribution in [0.15, 0.2) is 48.2 Å². The zero-order valence-corrected chi connectivity index (χ0v) is 15.2. The van der Waals surface area contributed by atoms with Crippen LogP contribution in [0.25, 0.3) is 5.70 Å². The molecule has 2 rings (SSSR count). The lowest BCUT2D eigenvalue weighted by atomic mass is 10.0. The van der Waals surface area contributed by atoms with Gasteiger partial charge in [0.1, 0.15) is 6.61 Å². The number of aryl methyl sites for hydroxylation is 1. The van der Waals surface area contributed by atoms with Crippen molar-refractivity contribution in [3.8, 4) is 11.5 Å². The van der Waals surface area contributed by atoms with Gasteiger partial charge >= 0.3 is 0 Å². The van der Waals surface area contributed by atoms with Gasteiger partial charge in [0.2, 0.25) is 0 Å². The normalized spacial score (nSPS) is 11.3. The van der Waals surface area contributed by atoms with Crippen LogP contribution in [0.3, 0.4) is 0 Å². The first-order chi connectivity index (χ1) is 12.1. The van der Waals surface area contributed by atoms with Gasteiger partial charge in [0, 0.05) is 36.3 Å². The number of hydrogen-bond donors (Lipinski definition) is 0. The summed E-state index contributed by atoms with van der Waals surface area (Å²) < 4.78 is 16.2. The zero-order chi connectivity index (χ0) is 18.2. The van der Waals surface area contributed by atoms with Crippen LogP contribution in [0.2, 0.25) is 0 Å². The zero-order valence-electron chi connectivity index (χ0n) is 15.2. The Morgan fingerprint density at radius 2 is 2.00 bits per heavy atom. The third-order valence-electron chi connectivity index (χ3n) is 3.74. The molecule has 0 aliphatic carbocycles. The molecule has 0 saturated carbocycles. The van der Waals surface area contributed by atoms with E-state index in [1.807, 2.05) is 38.1 Å². The molecule has 0 aliphatic heterocycles. The molecule has 0 spiro atoms. The Kier molecular flexibility index (Phi) is 6.71. The van der Waals surface area contributed by atoms with Crippen LogP contribution in [0.1, 0.15) is 23.6 Å². The van der Waals surface area contributed by atoms with Crippen LogP contribution in [0, 0.1) is 6.92 Å². The minimum Gasteiger partial charge on any atom is -0.493 e. The van der Waals surface area contributed by atoms with Crippen LogP contribution in [-0.4, -0.2) is 38.1 Å². The molecule has 1 aromatic carbocycles. The molecule has 2 aromatic rings. The molecule has 0 unspecified atom stereocenters. The second-order valence-corrected chi connectivity index (χ2v) is 5.54. The van der Waals surface area contributed by atoms with Gasteiger partial charge in [-0.15, -0.1) is 0 Å². The van der Waals surface area contributed by atoms with E-state index < -0.39 is 0 Å². The lowest BCUT2D eigenvalue weighted by molar-refractivity contribution is 0.144. The van der Waals surface area contributed by atoms with Crippen molar-refractivity contribution < 1.29 is 14.2 Å². The Morgan fingerprint density at radius 3 is 2.64 bits per heavy atom. The number of nitrogens with zero attached hydrogens (tertiary/aromatic N) is 2. The second-order valence-electron chi connectivity index (χ2n) is 5.54. The maximum absolute atomic E-state index is 5.77. The molecule has 0 amide bonds. The lowest BCUT2D eigenvalue weighted by Crippen LogP contribution is -2.07. The molecule has 0 aliphatic rings. The first-order valence-corrected chi connectivity index (χ1v) is 8.02. The van der Waals surface area contributed by atoms with Crippen LogP contribution in [0.4, 0.5) is 0 Å². The molecule has 0 radical (unpaired) electrons. The van der Waals surface area contributed by atoms with Crippen molar-refractivity contribution in [2.24, 2.45) is 4.99 Å². The molecule has 0 bridgehead atoms. The first kappa shape index (κ1) is 18.7. The summed E-state index contributed by atoms with van der Waals surface area (Å²) in [4.78, 5) is 8.74. The Morgan fingerprint density at radius 1 is 1.20 bits per heavy atom. The molecule has 5 nitrogen and oxygen atoms in total. The smallest absolute Gasteiger partial charge is 0.161 e. The molecule has 1 aromatic heterocycles. The number of aromatic nitrogens is 1. The molecule has 5 heteroatoms. The van der Waals surface area contributed by atoms with Gasteiger partial charge in [-0.3, -0.25) is 9.98 Å². The van der Waals surface area contributed by atoms with Gasteiger partial charge in [0.25, 0.3) is 0 Å². The number of methoxy groups -OCH3 is 2. The summed E-state index contributed by atoms with van der Waals surface area (Å²) in [5.41, 5.74) is 4.45. The molecule has 0 fully saturated rings. The highest BCUT2D eigenvalue weighted by atomic mass is 16.5. The minimum absolute atomic E-state index is 0.452. The predicted octanol–water partition coefficient (Wildman–Crippen LogP) is 3.90. The van der Waals surface area contributed by atoms with Gasteiger partial charge in [0.05, 0.1) is 19.4 Å². The van der Waals surface area contributed by atoms with Gasteiger partial charge in [-0.2, -0.15) is 0 Å². The molecule has 0 saturated heterocycles. The van der Waals surface area contributed by atoms with E-state index in [9.17, 15) is 0 Å². The molecular formula is C20H24N2O3. The van der Waals surface area contributed by atoms with E-state index in [1.54, 1.807) is 26.6 Å². The summed E-state index contributed by atoms with van der Waals surface area (Å²) in [5, 5.41) is 0. The standard InChI is InChI=1S/C20H24N2O3/c1-14-11-19(24-5)20(25-10-9-23-4)12-18(14)16(3)22-15(2)17-7-6-8-21-13-17/h6-8,11-13H,2,9-10H2,1,3-5H3/b22-16-. The van der Waals surface area contributed by atoms with Crippen molar-refractivity contribution in [3.05, 3.63) is 59.9 Å². The highest BCUT2D eigenvalue weighted by Gasteiger charge is 2.12. The summed E-state index contributed by atoms with van der Waals surface area (Å²) in [6.45, 7) is 8.97. The number of benzene rings is 1. The average molecular weight is 340 g/mol. The molecular weight excluding hydrogens is 316 g/mol. The Hall–Kier alpha value is -2.66. The van der Waals surface area contributed by atoms with Crippen molar-refractivity contribution in [2.75, 3.05) is 27.4 Å². The van der Waals surface area contributed by atoms with Gasteiger partial charge in [0.15, 0.2) is 11.5 Å². The van der Waals surface area contributed by atoms with Crippen molar-refractivity contribution in [1.29, 1.82) is 0 Å². The SMILES string of the molecule is C=C(/N=C(/C)c1cc(OCCOC)c(OC)cc1C)c1cccnc1. The van der Waals surface area contributed by atoms with E-state index >= 15 is 0 Å². The van der Waals surface area contributed by atoms with E-state index in [-0.39, 0.29) is 0 Å². The van der Waals surface area contributed by atoms with E-state index in [0.717, 1.165) is 22.4 Å². The molecule has 1 heterocycles. The van der Waals surface area contributed by atoms with Crippen molar-refractivity contribution in [1.82, 2.24) is 4.98 Å². The third-order valence-corrected chi connectivity index (χ3v) is 3.74. The fraction of sp³-hybridized carbons (Fsp3) is 0.300. The number of pyridine rings is 1. The van der Waals surface area contributed by atoms with Crippen LogP contribution in [0.5, 0.6) is 11.5 Å². The average Bonchev–Trinajstić information content (AvgIpc) is 2.63. The topological polar surface area (TPSA) is 52.9 Å². The van der Waals surface area contributed by atoms with Crippen molar-refractivity contribution in [2.45, 2.75) is 13.8 Å². The number of hydrogen-bond acceptors (Lipinski definition) is 5. The van der Waals surface area contributed by atoms with Gasteiger partial charge in [-0.05, 0) is 43.7 Å². The maximum Gasteiger partial charge on any atom is 0.161 e. The van der Waals surface area contributed by atoms with Crippen molar-refractivity contribution in [3.63, 3.8) is 0 Å². The van der Waals surface area contributed by atoms with Gasteiger partial charge in [-0.25, -0.2) is 0 Å². The summed E-state index contributed by atoms with van der Waals surface area (Å²) in [7, 11) is 3.27. The van der Waals surface area contributed by atoms with Crippen LogP contribution < -0.4 is 9.47 Å². The molecule has 0 N–H and O–H groups in total. The lowest BCUT2D eigenvalue weighted by Gasteiger charge is -2.15. The second kappa shape index (κ2) is 8.99. The molecule has 0 atom stereocenters. The largest absolute Gasteiger partial charge is 0.493 e. The van der Waals surface area contributed by atoms with Gasteiger partial charge in [-0.1, -0.05) is 6.58 Å². The van der Waals surface area contributed by atoms with E-state index in [4.69, 9.17) is 14.2 Å². The van der Waals surface area contributed by atoms with Gasteiger partial charge < -0.3 is 14.2 Å². The third kappa shape index (κ3) is 4.90. The molecule has 25 heavy (non-hydrogen) atoms. The highest BCUT2D eigenvalue weighted by molar-refractivity contribution is 6.03. The summed E-state index contributed by atoms with van der Waals surface area (Å²) >= 11 is 0. The Balaban J connectivity index is 2.31. The highest BCUT2D eigenvalue weighted by Crippen LogP contribution is 2.31. The van der Waals surface area contributed by atoms with Crippen molar-refractivity contribution >= 4 is 11.4 Å². The fourth-order valence-electron chi connectivity index (χ4n) is 2.42. The number of ether oxygens (including phenoxy) is 3. The first-order valence-electron chi connectivity index (χ1n) is 8.02. The summed E-state index contributed by atoms with van der Waals surface area (Å²) in [6.07, 6.45) is 3.48. The van der Waals surface area contributed by atoms with Crippen LogP contribution >= 0.6 is 0 Å². The van der Waals surface area contributed by atoms with E-state index in [2.05, 4.69) is 16.6 Å². The van der Waals surface area contributed by atoms with E-state index in [1.165, 1.54) is 0 Å². The maximum atomic E-state index is 5.77. The monoisotopic (exact) mass is 340 g/mol. The Labute approximate surface area is 149 Å². The fourth-order valence-corrected chi connectivity index (χ4v) is 2.42. The number of aliphatic imine (C=N–C) groups is 1. The van der Waals surface area contributed by atoms with E-state index in [0.29, 0.717) is 30.4 Å². The minimum atomic E-state index is 0.452. The number of rotatable bonds is 8. The Bertz CT molecular complexity index is 755. The predicted molar refractivity (Wildman–Crippen MR) is 101 cm³/mol. The molecule has 132 valence electrons. The van der Waals surface area contributed by atoms with Crippen LogP contribution in [-0.2, 0) is 4.74 Å².